The first-order valence-corrected chi connectivity index (χ1v) is 6.02. The molecule has 84 valence electrons. The first-order chi connectivity index (χ1) is 6.61. The third-order valence-electron chi connectivity index (χ3n) is 3.19. The molecule has 1 unspecified atom stereocenters. The zero-order valence-corrected chi connectivity index (χ0v) is 10.2. The van der Waals surface area contributed by atoms with Gasteiger partial charge >= 0.3 is 0 Å². The van der Waals surface area contributed by atoms with Gasteiger partial charge < -0.3 is 10.2 Å². The van der Waals surface area contributed by atoms with E-state index in [0.29, 0.717) is 0 Å². The molecule has 1 rings (SSSR count). The van der Waals surface area contributed by atoms with Crippen molar-refractivity contribution in [3.8, 4) is 0 Å². The summed E-state index contributed by atoms with van der Waals surface area (Å²) in [5, 5.41) is 3.49. The molecule has 1 saturated carbocycles. The third-order valence-corrected chi connectivity index (χ3v) is 3.19. The summed E-state index contributed by atoms with van der Waals surface area (Å²) in [6.45, 7) is 10.3. The number of nitrogens with one attached hydrogen (secondary N) is 1. The Morgan fingerprint density at radius 3 is 2.43 bits per heavy atom. The molecule has 1 N–H and O–H groups in total. The fourth-order valence-electron chi connectivity index (χ4n) is 1.79. The minimum absolute atomic E-state index is 0.765. The van der Waals surface area contributed by atoms with Gasteiger partial charge in [-0.1, -0.05) is 13.8 Å². The SMILES string of the molecule is CC(C)CNCCN(C)C(C)C1CC1. The fourth-order valence-corrected chi connectivity index (χ4v) is 1.79. The Balaban J connectivity index is 1.99. The van der Waals surface area contributed by atoms with Crippen molar-refractivity contribution in [1.82, 2.24) is 10.2 Å². The van der Waals surface area contributed by atoms with E-state index >= 15 is 0 Å². The normalized spacial score (nSPS) is 19.3. The maximum Gasteiger partial charge on any atom is 0.0107 e. The molecule has 14 heavy (non-hydrogen) atoms. The van der Waals surface area contributed by atoms with Gasteiger partial charge in [0.1, 0.15) is 0 Å². The predicted molar refractivity (Wildman–Crippen MR) is 62.5 cm³/mol. The number of likely N-dealkylation sites (N-methyl/N-ethyl adjacent to an activating group) is 1. The summed E-state index contributed by atoms with van der Waals surface area (Å²) in [5.74, 6) is 1.76. The molecule has 0 amide bonds. The van der Waals surface area contributed by atoms with Gasteiger partial charge in [-0.2, -0.15) is 0 Å². The van der Waals surface area contributed by atoms with Gasteiger partial charge in [0.2, 0.25) is 0 Å². The van der Waals surface area contributed by atoms with Crippen molar-refractivity contribution in [2.45, 2.75) is 39.7 Å². The molecule has 2 nitrogen and oxygen atoms in total. The topological polar surface area (TPSA) is 15.3 Å². The molecule has 1 fully saturated rings. The minimum Gasteiger partial charge on any atom is -0.315 e. The summed E-state index contributed by atoms with van der Waals surface area (Å²) >= 11 is 0. The van der Waals surface area contributed by atoms with Gasteiger partial charge in [0.25, 0.3) is 0 Å². The van der Waals surface area contributed by atoms with Crippen LogP contribution in [0.15, 0.2) is 0 Å². The molecule has 0 radical (unpaired) electrons. The second-order valence-corrected chi connectivity index (χ2v) is 5.16. The van der Waals surface area contributed by atoms with Crippen molar-refractivity contribution in [3.05, 3.63) is 0 Å². The number of hydrogen-bond acceptors (Lipinski definition) is 2. The molecule has 0 spiro atoms. The number of rotatable bonds is 7. The van der Waals surface area contributed by atoms with E-state index in [4.69, 9.17) is 0 Å². The summed E-state index contributed by atoms with van der Waals surface area (Å²) < 4.78 is 0. The lowest BCUT2D eigenvalue weighted by Gasteiger charge is -2.24. The lowest BCUT2D eigenvalue weighted by atomic mass is 10.2. The minimum atomic E-state index is 0.765. The zero-order chi connectivity index (χ0) is 10.6. The maximum atomic E-state index is 3.49. The van der Waals surface area contributed by atoms with Crippen LogP contribution in [0.3, 0.4) is 0 Å². The molecule has 1 aliphatic carbocycles. The Hall–Kier alpha value is -0.0800. The Labute approximate surface area is 89.1 Å². The molecule has 0 saturated heterocycles. The van der Waals surface area contributed by atoms with Crippen LogP contribution in [0.25, 0.3) is 0 Å². The Bertz CT molecular complexity index is 152. The zero-order valence-electron chi connectivity index (χ0n) is 10.2. The Morgan fingerprint density at radius 2 is 1.93 bits per heavy atom. The molecule has 0 aromatic rings. The lowest BCUT2D eigenvalue weighted by molar-refractivity contribution is 0.234. The largest absolute Gasteiger partial charge is 0.315 e. The van der Waals surface area contributed by atoms with Crippen molar-refractivity contribution >= 4 is 0 Å². The molecule has 0 aliphatic heterocycles. The second kappa shape index (κ2) is 5.72. The standard InChI is InChI=1S/C12H26N2/c1-10(2)9-13-7-8-14(4)11(3)12-5-6-12/h10-13H,5-9H2,1-4H3. The van der Waals surface area contributed by atoms with E-state index in [0.717, 1.165) is 31.0 Å². The fraction of sp³-hybridized carbons (Fsp3) is 1.00. The van der Waals surface area contributed by atoms with Gasteiger partial charge in [-0.3, -0.25) is 0 Å². The number of hydrogen-bond donors (Lipinski definition) is 1. The lowest BCUT2D eigenvalue weighted by Crippen LogP contribution is -2.37. The van der Waals surface area contributed by atoms with Crippen LogP contribution in [0.2, 0.25) is 0 Å². The van der Waals surface area contributed by atoms with Crippen LogP contribution in [0.1, 0.15) is 33.6 Å². The summed E-state index contributed by atoms with van der Waals surface area (Å²) in [5.41, 5.74) is 0. The molecule has 2 heteroatoms. The van der Waals surface area contributed by atoms with E-state index in [1.165, 1.54) is 19.4 Å². The first kappa shape index (κ1) is 12.0. The summed E-state index contributed by atoms with van der Waals surface area (Å²) in [7, 11) is 2.25. The van der Waals surface area contributed by atoms with E-state index in [1.807, 2.05) is 0 Å². The molecule has 0 aromatic heterocycles. The van der Waals surface area contributed by atoms with E-state index in [-0.39, 0.29) is 0 Å². The van der Waals surface area contributed by atoms with Crippen molar-refractivity contribution in [2.75, 3.05) is 26.7 Å². The predicted octanol–water partition coefficient (Wildman–Crippen LogP) is 1.96. The highest BCUT2D eigenvalue weighted by atomic mass is 15.1. The van der Waals surface area contributed by atoms with Gasteiger partial charge in [0.15, 0.2) is 0 Å². The van der Waals surface area contributed by atoms with Crippen LogP contribution in [-0.2, 0) is 0 Å². The van der Waals surface area contributed by atoms with Gasteiger partial charge in [0.05, 0.1) is 0 Å². The molecule has 0 aromatic carbocycles. The molecule has 0 bridgehead atoms. The smallest absolute Gasteiger partial charge is 0.0107 e. The summed E-state index contributed by atoms with van der Waals surface area (Å²) in [6, 6.07) is 0.788. The Kier molecular flexibility index (Phi) is 4.90. The molecule has 1 atom stereocenters. The van der Waals surface area contributed by atoms with Crippen LogP contribution in [-0.4, -0.2) is 37.6 Å². The van der Waals surface area contributed by atoms with E-state index in [1.54, 1.807) is 0 Å². The second-order valence-electron chi connectivity index (χ2n) is 5.16. The van der Waals surface area contributed by atoms with Crippen LogP contribution < -0.4 is 5.32 Å². The molecular formula is C12H26N2. The molecular weight excluding hydrogens is 172 g/mol. The molecule has 0 heterocycles. The van der Waals surface area contributed by atoms with Crippen molar-refractivity contribution < 1.29 is 0 Å². The highest BCUT2D eigenvalue weighted by Crippen LogP contribution is 2.34. The van der Waals surface area contributed by atoms with Gasteiger partial charge in [-0.25, -0.2) is 0 Å². The van der Waals surface area contributed by atoms with Crippen LogP contribution in [0.5, 0.6) is 0 Å². The Morgan fingerprint density at radius 1 is 1.29 bits per heavy atom. The highest BCUT2D eigenvalue weighted by Gasteiger charge is 2.29. The average Bonchev–Trinajstić information content (AvgIpc) is 2.93. The maximum absolute atomic E-state index is 3.49. The molecule has 1 aliphatic rings. The summed E-state index contributed by atoms with van der Waals surface area (Å²) in [4.78, 5) is 2.49. The summed E-state index contributed by atoms with van der Waals surface area (Å²) in [6.07, 6.45) is 2.90. The highest BCUT2D eigenvalue weighted by molar-refractivity contribution is 4.84. The van der Waals surface area contributed by atoms with Crippen LogP contribution in [0, 0.1) is 11.8 Å². The quantitative estimate of drug-likeness (QED) is 0.629. The van der Waals surface area contributed by atoms with Gasteiger partial charge in [-0.05, 0) is 45.2 Å². The van der Waals surface area contributed by atoms with E-state index < -0.39 is 0 Å². The van der Waals surface area contributed by atoms with Crippen LogP contribution in [0.4, 0.5) is 0 Å². The van der Waals surface area contributed by atoms with Crippen LogP contribution >= 0.6 is 0 Å². The van der Waals surface area contributed by atoms with Gasteiger partial charge in [-0.15, -0.1) is 0 Å². The van der Waals surface area contributed by atoms with E-state index in [9.17, 15) is 0 Å². The van der Waals surface area contributed by atoms with E-state index in [2.05, 4.69) is 38.0 Å². The average molecular weight is 198 g/mol. The monoisotopic (exact) mass is 198 g/mol. The van der Waals surface area contributed by atoms with Crippen molar-refractivity contribution in [3.63, 3.8) is 0 Å². The first-order valence-electron chi connectivity index (χ1n) is 6.02. The number of nitrogens with zero attached hydrogens (tertiary/aromatic N) is 1. The van der Waals surface area contributed by atoms with Crippen molar-refractivity contribution in [1.29, 1.82) is 0 Å². The third kappa shape index (κ3) is 4.43. The van der Waals surface area contributed by atoms with Gasteiger partial charge in [0, 0.05) is 19.1 Å². The van der Waals surface area contributed by atoms with Crippen molar-refractivity contribution in [2.24, 2.45) is 11.8 Å².